The van der Waals surface area contributed by atoms with Crippen LogP contribution in [0.2, 0.25) is 0 Å². The fraction of sp³-hybridized carbons (Fsp3) is 0.640. The molecule has 0 unspecified atom stereocenters. The number of carbonyl (C=O) groups is 3. The van der Waals surface area contributed by atoms with E-state index in [0.29, 0.717) is 19.4 Å². The minimum atomic E-state index is -1.11. The number of amides is 2. The second-order valence-electron chi connectivity index (χ2n) is 9.39. The Morgan fingerprint density at radius 3 is 2.24 bits per heavy atom. The summed E-state index contributed by atoms with van der Waals surface area (Å²) in [6, 6.07) is 6.55. The molecule has 2 rings (SSSR count). The van der Waals surface area contributed by atoms with E-state index in [1.165, 1.54) is 0 Å². The number of ether oxygens (including phenoxy) is 3. The van der Waals surface area contributed by atoms with Crippen LogP contribution in [0.1, 0.15) is 72.3 Å². The molecule has 0 aliphatic heterocycles. The molecule has 2 amide bonds. The fourth-order valence-electron chi connectivity index (χ4n) is 3.80. The van der Waals surface area contributed by atoms with E-state index in [0.717, 1.165) is 30.6 Å². The summed E-state index contributed by atoms with van der Waals surface area (Å²) in [6.45, 7) is 9.90. The van der Waals surface area contributed by atoms with Crippen molar-refractivity contribution in [3.63, 3.8) is 0 Å². The highest BCUT2D eigenvalue weighted by molar-refractivity contribution is 5.93. The lowest BCUT2D eigenvalue weighted by Gasteiger charge is -2.32. The molecule has 1 saturated carbocycles. The molecule has 8 nitrogen and oxygen atoms in total. The van der Waals surface area contributed by atoms with Gasteiger partial charge in [-0.2, -0.15) is 0 Å². The second-order valence-corrected chi connectivity index (χ2v) is 9.39. The summed E-state index contributed by atoms with van der Waals surface area (Å²) in [5.74, 6) is -0.154. The molecule has 0 aromatic heterocycles. The molecule has 1 fully saturated rings. The van der Waals surface area contributed by atoms with E-state index in [1.807, 2.05) is 31.2 Å². The van der Waals surface area contributed by atoms with Crippen molar-refractivity contribution in [1.29, 1.82) is 0 Å². The average molecular weight is 463 g/mol. The van der Waals surface area contributed by atoms with E-state index >= 15 is 0 Å². The van der Waals surface area contributed by atoms with Crippen molar-refractivity contribution in [3.05, 3.63) is 29.8 Å². The van der Waals surface area contributed by atoms with Gasteiger partial charge in [-0.1, -0.05) is 31.9 Å². The van der Waals surface area contributed by atoms with Crippen LogP contribution in [0.25, 0.3) is 0 Å². The third-order valence-corrected chi connectivity index (χ3v) is 5.34. The molecule has 184 valence electrons. The zero-order valence-electron chi connectivity index (χ0n) is 20.5. The average Bonchev–Trinajstić information content (AvgIpc) is 3.21. The summed E-state index contributed by atoms with van der Waals surface area (Å²) in [6.07, 6.45) is 3.10. The Morgan fingerprint density at radius 2 is 1.70 bits per heavy atom. The topological polar surface area (TPSA) is 103 Å². The van der Waals surface area contributed by atoms with Crippen LogP contribution in [0.15, 0.2) is 24.3 Å². The lowest BCUT2D eigenvalue weighted by molar-refractivity contribution is -0.148. The van der Waals surface area contributed by atoms with Gasteiger partial charge in [0.1, 0.15) is 22.9 Å². The first-order valence-corrected chi connectivity index (χ1v) is 11.8. The van der Waals surface area contributed by atoms with E-state index in [-0.39, 0.29) is 13.0 Å². The predicted octanol–water partition coefficient (Wildman–Crippen LogP) is 3.90. The Kier molecular flexibility index (Phi) is 9.56. The first-order valence-electron chi connectivity index (χ1n) is 11.8. The molecule has 8 heteroatoms. The van der Waals surface area contributed by atoms with E-state index < -0.39 is 35.2 Å². The maximum atomic E-state index is 13.3. The molecule has 0 bridgehead atoms. The summed E-state index contributed by atoms with van der Waals surface area (Å²) >= 11 is 0. The molecule has 2 N–H and O–H groups in total. The quantitative estimate of drug-likeness (QED) is 0.511. The summed E-state index contributed by atoms with van der Waals surface area (Å²) in [4.78, 5) is 38.4. The number of hydrogen-bond donors (Lipinski definition) is 2. The molecule has 1 aliphatic rings. The molecule has 33 heavy (non-hydrogen) atoms. The number of carbonyl (C=O) groups excluding carboxylic acids is 3. The number of rotatable bonds is 10. The van der Waals surface area contributed by atoms with Gasteiger partial charge in [0.25, 0.3) is 0 Å². The van der Waals surface area contributed by atoms with Gasteiger partial charge in [0.05, 0.1) is 13.2 Å². The predicted molar refractivity (Wildman–Crippen MR) is 125 cm³/mol. The number of alkyl carbamates (subject to hydrolysis) is 1. The molecule has 1 aliphatic carbocycles. The number of esters is 1. The van der Waals surface area contributed by atoms with Crippen molar-refractivity contribution in [2.24, 2.45) is 0 Å². The Balaban J connectivity index is 2.14. The van der Waals surface area contributed by atoms with Gasteiger partial charge < -0.3 is 24.8 Å². The maximum absolute atomic E-state index is 13.3. The number of hydrogen-bond acceptors (Lipinski definition) is 6. The lowest BCUT2D eigenvalue weighted by atomic mass is 9.95. The Bertz CT molecular complexity index is 794. The van der Waals surface area contributed by atoms with Gasteiger partial charge in [-0.15, -0.1) is 0 Å². The second kappa shape index (κ2) is 11.9. The molecular weight excluding hydrogens is 424 g/mol. The first-order chi connectivity index (χ1) is 15.6. The molecule has 0 saturated heterocycles. The van der Waals surface area contributed by atoms with E-state index in [2.05, 4.69) is 10.6 Å². The number of benzene rings is 1. The maximum Gasteiger partial charge on any atom is 0.408 e. The number of nitrogens with one attached hydrogen (secondary N) is 2. The van der Waals surface area contributed by atoms with Crippen LogP contribution in [0.4, 0.5) is 4.79 Å². The SMILES string of the molecule is CCCOc1ccc(C[C@H](NC(=O)C2(NC(=O)OC(C)(C)C)CCCC2)C(=O)OCC)cc1. The largest absolute Gasteiger partial charge is 0.494 e. The normalized spacial score (nSPS) is 15.9. The van der Waals surface area contributed by atoms with Crippen LogP contribution in [-0.4, -0.2) is 48.4 Å². The zero-order chi connectivity index (χ0) is 24.5. The molecular formula is C25H38N2O6. The summed E-state index contributed by atoms with van der Waals surface area (Å²) in [5.41, 5.74) is -0.927. The van der Waals surface area contributed by atoms with Gasteiger partial charge >= 0.3 is 12.1 Å². The van der Waals surface area contributed by atoms with Crippen LogP contribution < -0.4 is 15.4 Å². The van der Waals surface area contributed by atoms with E-state index in [4.69, 9.17) is 14.2 Å². The van der Waals surface area contributed by atoms with Crippen molar-refractivity contribution in [2.75, 3.05) is 13.2 Å². The standard InChI is InChI=1S/C25H38N2O6/c1-6-16-32-19-12-10-18(11-13-19)17-20(21(28)31-7-2)26-22(29)25(14-8-9-15-25)27-23(30)33-24(3,4)5/h10-13,20H,6-9,14-17H2,1-5H3,(H,26,29)(H,27,30)/t20-/m0/s1. The monoisotopic (exact) mass is 462 g/mol. The van der Waals surface area contributed by atoms with Crippen LogP contribution in [-0.2, 0) is 25.5 Å². The zero-order valence-corrected chi connectivity index (χ0v) is 20.5. The highest BCUT2D eigenvalue weighted by Crippen LogP contribution is 2.31. The van der Waals surface area contributed by atoms with Gasteiger partial charge in [0, 0.05) is 6.42 Å². The minimum Gasteiger partial charge on any atom is -0.494 e. The summed E-state index contributed by atoms with van der Waals surface area (Å²) < 4.78 is 16.2. The molecule has 1 atom stereocenters. The van der Waals surface area contributed by atoms with Gasteiger partial charge in [0.15, 0.2) is 0 Å². The Hall–Kier alpha value is -2.77. The van der Waals surface area contributed by atoms with Crippen molar-refractivity contribution in [2.45, 2.75) is 90.3 Å². The first kappa shape index (κ1) is 26.5. The van der Waals surface area contributed by atoms with Crippen molar-refractivity contribution < 1.29 is 28.6 Å². The highest BCUT2D eigenvalue weighted by atomic mass is 16.6. The van der Waals surface area contributed by atoms with Gasteiger partial charge in [-0.05, 0) is 64.7 Å². The molecule has 0 heterocycles. The third-order valence-electron chi connectivity index (χ3n) is 5.34. The van der Waals surface area contributed by atoms with Gasteiger partial charge in [-0.3, -0.25) is 4.79 Å². The van der Waals surface area contributed by atoms with Crippen molar-refractivity contribution in [3.8, 4) is 5.75 Å². The van der Waals surface area contributed by atoms with Crippen LogP contribution in [0, 0.1) is 0 Å². The molecule has 1 aromatic carbocycles. The molecule has 0 spiro atoms. The van der Waals surface area contributed by atoms with Crippen molar-refractivity contribution >= 4 is 18.0 Å². The molecule has 1 aromatic rings. The summed E-state index contributed by atoms with van der Waals surface area (Å²) in [7, 11) is 0. The highest BCUT2D eigenvalue weighted by Gasteiger charge is 2.44. The third kappa shape index (κ3) is 8.26. The Labute approximate surface area is 196 Å². The summed E-state index contributed by atoms with van der Waals surface area (Å²) in [5, 5.41) is 5.61. The lowest BCUT2D eigenvalue weighted by Crippen LogP contribution is -2.60. The molecule has 0 radical (unpaired) electrons. The van der Waals surface area contributed by atoms with Crippen molar-refractivity contribution in [1.82, 2.24) is 10.6 Å². The van der Waals surface area contributed by atoms with E-state index in [9.17, 15) is 14.4 Å². The van der Waals surface area contributed by atoms with Crippen LogP contribution in [0.5, 0.6) is 5.75 Å². The van der Waals surface area contributed by atoms with Gasteiger partial charge in [0.2, 0.25) is 5.91 Å². The Morgan fingerprint density at radius 1 is 1.06 bits per heavy atom. The smallest absolute Gasteiger partial charge is 0.408 e. The van der Waals surface area contributed by atoms with Gasteiger partial charge in [-0.25, -0.2) is 9.59 Å². The minimum absolute atomic E-state index is 0.205. The van der Waals surface area contributed by atoms with Crippen LogP contribution >= 0.6 is 0 Å². The van der Waals surface area contributed by atoms with E-state index in [1.54, 1.807) is 27.7 Å². The van der Waals surface area contributed by atoms with Crippen LogP contribution in [0.3, 0.4) is 0 Å². The fourth-order valence-corrected chi connectivity index (χ4v) is 3.80.